The van der Waals surface area contributed by atoms with Gasteiger partial charge >= 0.3 is 0 Å². The lowest BCUT2D eigenvalue weighted by molar-refractivity contribution is -0.0772. The van der Waals surface area contributed by atoms with Crippen molar-refractivity contribution in [2.24, 2.45) is 5.92 Å². The van der Waals surface area contributed by atoms with Gasteiger partial charge in [0.2, 0.25) is 0 Å². The van der Waals surface area contributed by atoms with Crippen molar-refractivity contribution in [2.75, 3.05) is 27.4 Å². The molecule has 29 heavy (non-hydrogen) atoms. The van der Waals surface area contributed by atoms with Crippen molar-refractivity contribution in [3.8, 4) is 11.5 Å². The molecule has 1 fully saturated rings. The Morgan fingerprint density at radius 2 is 1.83 bits per heavy atom. The number of methoxy groups -OCH3 is 2. The molecule has 1 aliphatic heterocycles. The van der Waals surface area contributed by atoms with Gasteiger partial charge in [0.1, 0.15) is 11.5 Å². The second-order valence-corrected chi connectivity index (χ2v) is 8.52. The molecule has 3 rings (SSSR count). The van der Waals surface area contributed by atoms with E-state index in [1.165, 1.54) is 11.1 Å². The van der Waals surface area contributed by atoms with E-state index in [-0.39, 0.29) is 5.60 Å². The van der Waals surface area contributed by atoms with Gasteiger partial charge in [-0.1, -0.05) is 30.3 Å². The predicted octanol–water partition coefficient (Wildman–Crippen LogP) is 5.17. The maximum Gasteiger partial charge on any atom is 0.122 e. The van der Waals surface area contributed by atoms with Gasteiger partial charge in [0, 0.05) is 13.2 Å². The third-order valence-electron chi connectivity index (χ3n) is 5.96. The molecule has 1 saturated heterocycles. The number of rotatable bonds is 9. The van der Waals surface area contributed by atoms with Gasteiger partial charge in [-0.3, -0.25) is 0 Å². The Kier molecular flexibility index (Phi) is 7.57. The van der Waals surface area contributed by atoms with Gasteiger partial charge in [0.05, 0.1) is 19.8 Å². The van der Waals surface area contributed by atoms with Gasteiger partial charge in [-0.05, 0) is 80.8 Å². The first kappa shape index (κ1) is 21.7. The minimum absolute atomic E-state index is 0.0558. The summed E-state index contributed by atoms with van der Waals surface area (Å²) in [6.45, 7) is 7.08. The Labute approximate surface area is 175 Å². The van der Waals surface area contributed by atoms with Crippen LogP contribution in [0.4, 0.5) is 0 Å². The van der Waals surface area contributed by atoms with E-state index in [4.69, 9.17) is 14.2 Å². The molecule has 2 aromatic carbocycles. The summed E-state index contributed by atoms with van der Waals surface area (Å²) in [5.74, 6) is 2.94. The fraction of sp³-hybridized carbons (Fsp3) is 0.520. The SMILES string of the molecule is COc1ccc(CNCC[C@H](c2ccccc2OC)[C@H]2CCOC(C)(C)C2)cc1. The van der Waals surface area contributed by atoms with E-state index in [1.54, 1.807) is 14.2 Å². The van der Waals surface area contributed by atoms with Crippen molar-refractivity contribution < 1.29 is 14.2 Å². The van der Waals surface area contributed by atoms with Crippen LogP contribution >= 0.6 is 0 Å². The summed E-state index contributed by atoms with van der Waals surface area (Å²) in [4.78, 5) is 0. The average Bonchev–Trinajstić information content (AvgIpc) is 2.73. The van der Waals surface area contributed by atoms with Crippen molar-refractivity contribution in [3.63, 3.8) is 0 Å². The quantitative estimate of drug-likeness (QED) is 0.593. The first-order chi connectivity index (χ1) is 14.0. The minimum Gasteiger partial charge on any atom is -0.497 e. The summed E-state index contributed by atoms with van der Waals surface area (Å²) in [6.07, 6.45) is 3.26. The first-order valence-corrected chi connectivity index (χ1v) is 10.6. The number of hydrogen-bond donors (Lipinski definition) is 1. The highest BCUT2D eigenvalue weighted by Crippen LogP contribution is 2.42. The summed E-state index contributed by atoms with van der Waals surface area (Å²) >= 11 is 0. The van der Waals surface area contributed by atoms with Crippen LogP contribution in [0, 0.1) is 5.92 Å². The predicted molar refractivity (Wildman–Crippen MR) is 118 cm³/mol. The molecule has 158 valence electrons. The molecule has 2 aromatic rings. The first-order valence-electron chi connectivity index (χ1n) is 10.6. The van der Waals surface area contributed by atoms with Gasteiger partial charge in [0.15, 0.2) is 0 Å². The Hall–Kier alpha value is -2.04. The Morgan fingerprint density at radius 1 is 1.07 bits per heavy atom. The summed E-state index contributed by atoms with van der Waals surface area (Å²) in [5, 5.41) is 3.62. The highest BCUT2D eigenvalue weighted by molar-refractivity contribution is 5.37. The molecule has 0 saturated carbocycles. The number of ether oxygens (including phenoxy) is 3. The third-order valence-corrected chi connectivity index (χ3v) is 5.96. The van der Waals surface area contributed by atoms with Crippen molar-refractivity contribution in [2.45, 2.75) is 51.2 Å². The lowest BCUT2D eigenvalue weighted by Crippen LogP contribution is -2.37. The average molecular weight is 398 g/mol. The van der Waals surface area contributed by atoms with Gasteiger partial charge in [-0.25, -0.2) is 0 Å². The Balaban J connectivity index is 1.66. The van der Waals surface area contributed by atoms with Crippen molar-refractivity contribution in [3.05, 3.63) is 59.7 Å². The Morgan fingerprint density at radius 3 is 2.52 bits per heavy atom. The second-order valence-electron chi connectivity index (χ2n) is 8.52. The van der Waals surface area contributed by atoms with Crippen molar-refractivity contribution >= 4 is 0 Å². The maximum atomic E-state index is 5.98. The van der Waals surface area contributed by atoms with Crippen LogP contribution in [0.15, 0.2) is 48.5 Å². The number of hydrogen-bond acceptors (Lipinski definition) is 4. The standard InChI is InChI=1S/C25H35NO3/c1-25(2)17-20(14-16-29-25)22(23-7-5-6-8-24(23)28-4)13-15-26-18-19-9-11-21(27-3)12-10-19/h5-12,20,22,26H,13-18H2,1-4H3/t20-,22-/m0/s1. The van der Waals surface area contributed by atoms with E-state index in [1.807, 2.05) is 12.1 Å². The molecule has 4 nitrogen and oxygen atoms in total. The van der Waals surface area contributed by atoms with Gasteiger partial charge in [-0.2, -0.15) is 0 Å². The van der Waals surface area contributed by atoms with E-state index in [2.05, 4.69) is 55.6 Å². The zero-order valence-electron chi connectivity index (χ0n) is 18.2. The molecule has 0 spiro atoms. The molecular weight excluding hydrogens is 362 g/mol. The summed E-state index contributed by atoms with van der Waals surface area (Å²) in [5.41, 5.74) is 2.54. The zero-order valence-corrected chi connectivity index (χ0v) is 18.2. The molecule has 4 heteroatoms. The lowest BCUT2D eigenvalue weighted by atomic mass is 9.75. The largest absolute Gasteiger partial charge is 0.497 e. The highest BCUT2D eigenvalue weighted by atomic mass is 16.5. The van der Waals surface area contributed by atoms with Crippen LogP contribution in [0.1, 0.15) is 50.2 Å². The summed E-state index contributed by atoms with van der Waals surface area (Å²) in [6, 6.07) is 16.7. The van der Waals surface area contributed by atoms with E-state index in [0.29, 0.717) is 11.8 Å². The molecule has 1 aliphatic rings. The van der Waals surface area contributed by atoms with E-state index in [0.717, 1.165) is 50.5 Å². The lowest BCUT2D eigenvalue weighted by Gasteiger charge is -2.40. The van der Waals surface area contributed by atoms with Crippen LogP contribution in [0.2, 0.25) is 0 Å². The summed E-state index contributed by atoms with van der Waals surface area (Å²) in [7, 11) is 3.47. The molecule has 2 atom stereocenters. The van der Waals surface area contributed by atoms with Gasteiger partial charge in [-0.15, -0.1) is 0 Å². The van der Waals surface area contributed by atoms with Gasteiger partial charge in [0.25, 0.3) is 0 Å². The molecule has 0 bridgehead atoms. The monoisotopic (exact) mass is 397 g/mol. The van der Waals surface area contributed by atoms with Crippen LogP contribution in [-0.2, 0) is 11.3 Å². The van der Waals surface area contributed by atoms with Crippen molar-refractivity contribution in [1.29, 1.82) is 0 Å². The Bertz CT molecular complexity index is 757. The normalized spacial score (nSPS) is 19.5. The van der Waals surface area contributed by atoms with Crippen LogP contribution < -0.4 is 14.8 Å². The number of para-hydroxylation sites is 1. The zero-order chi connectivity index (χ0) is 20.7. The molecule has 0 amide bonds. The fourth-order valence-electron chi connectivity index (χ4n) is 4.47. The minimum atomic E-state index is -0.0558. The third kappa shape index (κ3) is 5.97. The maximum absolute atomic E-state index is 5.98. The molecule has 0 unspecified atom stereocenters. The molecule has 1 N–H and O–H groups in total. The van der Waals surface area contributed by atoms with Crippen molar-refractivity contribution in [1.82, 2.24) is 5.32 Å². The van der Waals surface area contributed by atoms with Crippen LogP contribution in [0.5, 0.6) is 11.5 Å². The smallest absolute Gasteiger partial charge is 0.122 e. The van der Waals surface area contributed by atoms with Gasteiger partial charge < -0.3 is 19.5 Å². The van der Waals surface area contributed by atoms with Crippen LogP contribution in [0.3, 0.4) is 0 Å². The van der Waals surface area contributed by atoms with E-state index < -0.39 is 0 Å². The van der Waals surface area contributed by atoms with E-state index >= 15 is 0 Å². The number of benzene rings is 2. The molecule has 1 heterocycles. The highest BCUT2D eigenvalue weighted by Gasteiger charge is 2.34. The topological polar surface area (TPSA) is 39.7 Å². The summed E-state index contributed by atoms with van der Waals surface area (Å²) < 4.78 is 16.9. The number of nitrogens with one attached hydrogen (secondary N) is 1. The van der Waals surface area contributed by atoms with E-state index in [9.17, 15) is 0 Å². The molecular formula is C25H35NO3. The second kappa shape index (κ2) is 10.1. The molecule has 0 aromatic heterocycles. The fourth-order valence-corrected chi connectivity index (χ4v) is 4.47. The molecule has 0 radical (unpaired) electrons. The molecule has 0 aliphatic carbocycles. The van der Waals surface area contributed by atoms with Crippen LogP contribution in [0.25, 0.3) is 0 Å². The van der Waals surface area contributed by atoms with Crippen LogP contribution in [-0.4, -0.2) is 33.0 Å².